The van der Waals surface area contributed by atoms with E-state index in [1.165, 1.54) is 0 Å². The largest absolute Gasteiger partial charge is 0.458 e. The molecule has 0 spiro atoms. The van der Waals surface area contributed by atoms with Crippen LogP contribution in [0.5, 0.6) is 0 Å². The number of nitrogens with zero attached hydrogens (tertiary/aromatic N) is 1. The van der Waals surface area contributed by atoms with E-state index in [0.717, 1.165) is 76.8 Å². The van der Waals surface area contributed by atoms with Crippen molar-refractivity contribution in [2.45, 2.75) is 83.0 Å². The van der Waals surface area contributed by atoms with Crippen LogP contribution in [-0.4, -0.2) is 90.7 Å². The van der Waals surface area contributed by atoms with Crippen molar-refractivity contribution in [1.29, 1.82) is 0 Å². The summed E-state index contributed by atoms with van der Waals surface area (Å²) in [7, 11) is 0. The van der Waals surface area contributed by atoms with Crippen molar-refractivity contribution in [2.24, 2.45) is 34.5 Å². The maximum Gasteiger partial charge on any atom is 0.331 e. The molecule has 0 bridgehead atoms. The van der Waals surface area contributed by atoms with E-state index < -0.39 is 17.1 Å². The second kappa shape index (κ2) is 10.3. The molecule has 0 aromatic carbocycles. The van der Waals surface area contributed by atoms with E-state index in [-0.39, 0.29) is 47.8 Å². The molecule has 0 aromatic heterocycles. The Morgan fingerprint density at radius 3 is 2.67 bits per heavy atom. The molecule has 9 heteroatoms. The van der Waals surface area contributed by atoms with Crippen LogP contribution >= 0.6 is 0 Å². The van der Waals surface area contributed by atoms with Gasteiger partial charge in [-0.2, -0.15) is 0 Å². The first-order valence-corrected chi connectivity index (χ1v) is 15.4. The topological polar surface area (TPSA) is 123 Å². The number of amides is 2. The summed E-state index contributed by atoms with van der Waals surface area (Å²) in [6.07, 6.45) is 8.00. The lowest BCUT2D eigenvalue weighted by molar-refractivity contribution is -0.242. The molecule has 218 valence electrons. The number of esters is 1. The highest BCUT2D eigenvalue weighted by atomic mass is 16.5. The van der Waals surface area contributed by atoms with Crippen molar-refractivity contribution in [3.05, 3.63) is 11.6 Å². The summed E-state index contributed by atoms with van der Waals surface area (Å²) >= 11 is 0. The van der Waals surface area contributed by atoms with Crippen molar-refractivity contribution in [2.75, 3.05) is 45.9 Å². The molecule has 5 fully saturated rings. The Bertz CT molecular complexity index is 1000. The minimum Gasteiger partial charge on any atom is -0.458 e. The molecule has 4 saturated carbocycles. The van der Waals surface area contributed by atoms with Gasteiger partial charge in [0.25, 0.3) is 0 Å². The molecular weight excluding hydrogens is 496 g/mol. The fourth-order valence-electron chi connectivity index (χ4n) is 10.0. The smallest absolute Gasteiger partial charge is 0.331 e. The summed E-state index contributed by atoms with van der Waals surface area (Å²) < 4.78 is 5.22. The molecule has 0 unspecified atom stereocenters. The van der Waals surface area contributed by atoms with E-state index in [4.69, 9.17) is 4.74 Å². The van der Waals surface area contributed by atoms with Crippen LogP contribution in [0, 0.1) is 34.5 Å². The number of rotatable bonds is 5. The summed E-state index contributed by atoms with van der Waals surface area (Å²) in [6.45, 7) is 10.4. The van der Waals surface area contributed by atoms with Gasteiger partial charge in [0, 0.05) is 56.8 Å². The first-order chi connectivity index (χ1) is 18.6. The highest BCUT2D eigenvalue weighted by Gasteiger charge is 2.70. The first-order valence-electron chi connectivity index (χ1n) is 15.4. The molecule has 0 radical (unpaired) electrons. The van der Waals surface area contributed by atoms with Gasteiger partial charge >= 0.3 is 12.0 Å². The van der Waals surface area contributed by atoms with E-state index >= 15 is 0 Å². The number of piperazine rings is 1. The molecule has 6 aliphatic rings. The van der Waals surface area contributed by atoms with Crippen LogP contribution in [0.1, 0.15) is 65.2 Å². The van der Waals surface area contributed by atoms with E-state index in [1.807, 2.05) is 0 Å². The molecule has 2 heterocycles. The Kier molecular flexibility index (Phi) is 7.26. The molecular formula is C30H48N4O5. The van der Waals surface area contributed by atoms with E-state index in [2.05, 4.69) is 34.7 Å². The van der Waals surface area contributed by atoms with Gasteiger partial charge in [-0.25, -0.2) is 9.59 Å². The Morgan fingerprint density at radius 2 is 1.92 bits per heavy atom. The second-order valence-electron chi connectivity index (χ2n) is 13.8. The standard InChI is InChI=1S/C30H48N4O5/c1-28-7-5-21(33-27(37)32-11-14-34-12-9-31-10-13-34)16-20(28)3-4-23-24(28)17-25(35)29(2)22(6-8-30(23,29)38)19-15-26(36)39-18-19/h15,20-25,31,35,38H,3-14,16-18H2,1-2H3,(H2,32,33,37)/t20-,21-,22-,23-,24-,25-,28-,29-,30-/m1/s1. The third-order valence-electron chi connectivity index (χ3n) is 12.3. The monoisotopic (exact) mass is 544 g/mol. The van der Waals surface area contributed by atoms with Crippen molar-refractivity contribution >= 4 is 12.0 Å². The molecule has 9 atom stereocenters. The Morgan fingerprint density at radius 1 is 1.13 bits per heavy atom. The first kappa shape index (κ1) is 27.5. The van der Waals surface area contributed by atoms with Crippen molar-refractivity contribution < 1.29 is 24.5 Å². The summed E-state index contributed by atoms with van der Waals surface area (Å²) in [6, 6.07) is 0.106. The van der Waals surface area contributed by atoms with E-state index in [9.17, 15) is 19.8 Å². The number of carbonyl (C=O) groups is 2. The SMILES string of the molecule is C[C@@]12CC[C@@H](NC(=O)NCCN3CCNCC3)C[C@H]1CC[C@@H]1[C@H]2C[C@@H](O)[C@@]2(C)[C@@H](C3=CC(=O)OC3)CC[C@@]12O. The third kappa shape index (κ3) is 4.52. The number of aliphatic hydroxyl groups is 2. The number of aliphatic hydroxyl groups excluding tert-OH is 1. The minimum atomic E-state index is -0.945. The Balaban J connectivity index is 1.09. The van der Waals surface area contributed by atoms with Crippen molar-refractivity contribution in [3.8, 4) is 0 Å². The summed E-state index contributed by atoms with van der Waals surface area (Å²) in [4.78, 5) is 26.9. The molecule has 9 nitrogen and oxygen atoms in total. The van der Waals surface area contributed by atoms with E-state index in [1.54, 1.807) is 6.08 Å². The minimum absolute atomic E-state index is 0.0274. The van der Waals surface area contributed by atoms with Crippen LogP contribution in [0.3, 0.4) is 0 Å². The van der Waals surface area contributed by atoms with Gasteiger partial charge in [-0.05, 0) is 86.0 Å². The predicted molar refractivity (Wildman–Crippen MR) is 147 cm³/mol. The van der Waals surface area contributed by atoms with Crippen LogP contribution in [0.15, 0.2) is 11.6 Å². The lowest BCUT2D eigenvalue weighted by Gasteiger charge is -2.65. The van der Waals surface area contributed by atoms with Crippen LogP contribution in [0.2, 0.25) is 0 Å². The van der Waals surface area contributed by atoms with Crippen LogP contribution in [-0.2, 0) is 9.53 Å². The van der Waals surface area contributed by atoms with Gasteiger partial charge < -0.3 is 30.9 Å². The van der Waals surface area contributed by atoms with Gasteiger partial charge in [0.2, 0.25) is 0 Å². The Hall–Kier alpha value is -1.68. The van der Waals surface area contributed by atoms with Gasteiger partial charge in [0.1, 0.15) is 6.61 Å². The van der Waals surface area contributed by atoms with Crippen LogP contribution in [0.4, 0.5) is 4.79 Å². The average molecular weight is 545 g/mol. The van der Waals surface area contributed by atoms with Crippen molar-refractivity contribution in [3.63, 3.8) is 0 Å². The quantitative estimate of drug-likeness (QED) is 0.335. The van der Waals surface area contributed by atoms with Gasteiger partial charge in [0.15, 0.2) is 0 Å². The summed E-state index contributed by atoms with van der Waals surface area (Å²) in [5.41, 5.74) is -0.631. The van der Waals surface area contributed by atoms with Gasteiger partial charge in [-0.1, -0.05) is 13.8 Å². The molecule has 1 saturated heterocycles. The number of hydrogen-bond acceptors (Lipinski definition) is 7. The number of urea groups is 1. The zero-order valence-corrected chi connectivity index (χ0v) is 23.7. The summed E-state index contributed by atoms with van der Waals surface area (Å²) in [5.74, 6) is 0.541. The fraction of sp³-hybridized carbons (Fsp3) is 0.867. The highest BCUT2D eigenvalue weighted by Crippen LogP contribution is 2.69. The number of nitrogens with one attached hydrogen (secondary N) is 3. The highest BCUT2D eigenvalue weighted by molar-refractivity contribution is 5.85. The zero-order chi connectivity index (χ0) is 27.4. The van der Waals surface area contributed by atoms with Gasteiger partial charge in [-0.3, -0.25) is 4.90 Å². The van der Waals surface area contributed by atoms with Crippen molar-refractivity contribution in [1.82, 2.24) is 20.9 Å². The number of fused-ring (bicyclic) bond motifs is 5. The summed E-state index contributed by atoms with van der Waals surface area (Å²) in [5, 5.41) is 33.8. The maximum atomic E-state index is 12.7. The Labute approximate surface area is 232 Å². The number of cyclic esters (lactones) is 1. The number of hydrogen-bond donors (Lipinski definition) is 5. The normalized spacial score (nSPS) is 45.9. The average Bonchev–Trinajstić information content (AvgIpc) is 3.46. The van der Waals surface area contributed by atoms with E-state index in [0.29, 0.717) is 25.3 Å². The lowest BCUT2D eigenvalue weighted by atomic mass is 9.42. The van der Waals surface area contributed by atoms with Gasteiger partial charge in [-0.15, -0.1) is 0 Å². The van der Waals surface area contributed by atoms with Crippen LogP contribution < -0.4 is 16.0 Å². The third-order valence-corrected chi connectivity index (χ3v) is 12.3. The molecule has 39 heavy (non-hydrogen) atoms. The molecule has 5 N–H and O–H groups in total. The van der Waals surface area contributed by atoms with Gasteiger partial charge in [0.05, 0.1) is 11.7 Å². The molecule has 6 rings (SSSR count). The molecule has 0 aromatic rings. The zero-order valence-electron chi connectivity index (χ0n) is 23.7. The fourth-order valence-corrected chi connectivity index (χ4v) is 10.0. The lowest BCUT2D eigenvalue weighted by Crippen LogP contribution is -2.67. The number of ether oxygens (including phenoxy) is 1. The van der Waals surface area contributed by atoms with Crippen LogP contribution in [0.25, 0.3) is 0 Å². The predicted octanol–water partition coefficient (Wildman–Crippen LogP) is 1.79. The maximum absolute atomic E-state index is 12.7. The molecule has 2 aliphatic heterocycles. The second-order valence-corrected chi connectivity index (χ2v) is 13.8. The number of carbonyl (C=O) groups excluding carboxylic acids is 2. The molecule has 4 aliphatic carbocycles. The molecule has 2 amide bonds.